The number of hydrogen-bond donors (Lipinski definition) is 0. The summed E-state index contributed by atoms with van der Waals surface area (Å²) in [5.41, 5.74) is 0. The van der Waals surface area contributed by atoms with Crippen molar-refractivity contribution in [2.45, 2.75) is 265 Å². The van der Waals surface area contributed by atoms with Crippen molar-refractivity contribution in [1.82, 2.24) is 9.80 Å². The standard InChI is InChI=1S/C54H106N2O5/c1-7-11-15-19-25-33-41-50(39-31-17-13-9-3)53(58)60-48-38-30-23-21-22-28-36-44-56(47-46-55(5)6)45-37-29-24-27-35-43-52(57)49-61-54(59)51(40-32-18-14-10-4)42-34-26-20-16-12-8-2/h50-51H,7-49H2,1-6H3. The minimum Gasteiger partial charge on any atom is -0.465 e. The average Bonchev–Trinajstić information content (AvgIpc) is 3.25. The van der Waals surface area contributed by atoms with Crippen LogP contribution in [0.2, 0.25) is 0 Å². The predicted octanol–water partition coefficient (Wildman–Crippen LogP) is 15.3. The van der Waals surface area contributed by atoms with Crippen LogP contribution in [-0.4, -0.2) is 81.0 Å². The van der Waals surface area contributed by atoms with Gasteiger partial charge >= 0.3 is 11.9 Å². The van der Waals surface area contributed by atoms with Gasteiger partial charge in [-0.1, -0.05) is 207 Å². The summed E-state index contributed by atoms with van der Waals surface area (Å²) in [6.07, 6.45) is 42.9. The highest BCUT2D eigenvalue weighted by atomic mass is 16.5. The molecule has 0 radical (unpaired) electrons. The van der Waals surface area contributed by atoms with Crippen molar-refractivity contribution in [3.8, 4) is 0 Å². The molecule has 0 rings (SSSR count). The van der Waals surface area contributed by atoms with Crippen LogP contribution in [0, 0.1) is 11.8 Å². The van der Waals surface area contributed by atoms with Gasteiger partial charge in [0, 0.05) is 19.5 Å². The molecule has 0 aromatic rings. The van der Waals surface area contributed by atoms with E-state index in [-0.39, 0.29) is 36.2 Å². The van der Waals surface area contributed by atoms with Crippen molar-refractivity contribution >= 4 is 17.7 Å². The van der Waals surface area contributed by atoms with Crippen molar-refractivity contribution in [1.29, 1.82) is 0 Å². The summed E-state index contributed by atoms with van der Waals surface area (Å²) in [5.74, 6) is 0.0653. The zero-order valence-electron chi connectivity index (χ0n) is 42.0. The van der Waals surface area contributed by atoms with Gasteiger partial charge < -0.3 is 19.3 Å². The van der Waals surface area contributed by atoms with E-state index in [0.29, 0.717) is 13.0 Å². The first-order valence-corrected chi connectivity index (χ1v) is 27.0. The number of esters is 2. The lowest BCUT2D eigenvalue weighted by Crippen LogP contribution is -2.33. The number of carbonyl (C=O) groups is 3. The number of likely N-dealkylation sites (N-methyl/N-ethyl adjacent to an activating group) is 1. The molecule has 0 spiro atoms. The number of nitrogens with zero attached hydrogens (tertiary/aromatic N) is 2. The van der Waals surface area contributed by atoms with Crippen LogP contribution in [0.15, 0.2) is 0 Å². The van der Waals surface area contributed by atoms with Crippen LogP contribution in [0.25, 0.3) is 0 Å². The number of Topliss-reactive ketones (excluding diaryl/α,β-unsaturated/α-hetero) is 1. The molecular formula is C54H106N2O5. The van der Waals surface area contributed by atoms with Gasteiger partial charge in [0.25, 0.3) is 0 Å². The molecule has 0 aliphatic rings. The van der Waals surface area contributed by atoms with Crippen molar-refractivity contribution in [3.05, 3.63) is 0 Å². The predicted molar refractivity (Wildman–Crippen MR) is 262 cm³/mol. The average molecular weight is 863 g/mol. The summed E-state index contributed by atoms with van der Waals surface area (Å²) in [6.45, 7) is 14.0. The molecule has 0 aromatic carbocycles. The van der Waals surface area contributed by atoms with Crippen LogP contribution < -0.4 is 0 Å². The second kappa shape index (κ2) is 46.5. The second-order valence-corrected chi connectivity index (χ2v) is 19.2. The van der Waals surface area contributed by atoms with Gasteiger partial charge in [-0.25, -0.2) is 0 Å². The molecule has 2 unspecified atom stereocenters. The molecule has 0 fully saturated rings. The monoisotopic (exact) mass is 863 g/mol. The number of carbonyl (C=O) groups excluding carboxylic acids is 3. The van der Waals surface area contributed by atoms with Gasteiger partial charge in [-0.3, -0.25) is 14.4 Å². The van der Waals surface area contributed by atoms with E-state index in [9.17, 15) is 14.4 Å². The third-order valence-electron chi connectivity index (χ3n) is 12.8. The Kier molecular flexibility index (Phi) is 45.4. The molecule has 362 valence electrons. The van der Waals surface area contributed by atoms with Crippen molar-refractivity contribution in [3.63, 3.8) is 0 Å². The molecule has 0 aliphatic carbocycles. The molecule has 7 nitrogen and oxygen atoms in total. The number of hydrogen-bond acceptors (Lipinski definition) is 7. The van der Waals surface area contributed by atoms with Crippen LogP contribution >= 0.6 is 0 Å². The number of rotatable bonds is 49. The Morgan fingerprint density at radius 1 is 0.377 bits per heavy atom. The largest absolute Gasteiger partial charge is 0.465 e. The van der Waals surface area contributed by atoms with Crippen LogP contribution in [0.4, 0.5) is 0 Å². The fourth-order valence-electron chi connectivity index (χ4n) is 8.56. The van der Waals surface area contributed by atoms with Crippen molar-refractivity contribution < 1.29 is 23.9 Å². The summed E-state index contributed by atoms with van der Waals surface area (Å²) in [5, 5.41) is 0. The van der Waals surface area contributed by atoms with E-state index in [1.807, 2.05) is 0 Å². The van der Waals surface area contributed by atoms with Gasteiger partial charge in [-0.05, 0) is 78.6 Å². The quantitative estimate of drug-likeness (QED) is 0.0445. The fourth-order valence-corrected chi connectivity index (χ4v) is 8.56. The van der Waals surface area contributed by atoms with E-state index >= 15 is 0 Å². The summed E-state index contributed by atoms with van der Waals surface area (Å²) >= 11 is 0. The second-order valence-electron chi connectivity index (χ2n) is 19.2. The highest BCUT2D eigenvalue weighted by Gasteiger charge is 2.21. The Morgan fingerprint density at radius 3 is 1.15 bits per heavy atom. The van der Waals surface area contributed by atoms with E-state index in [1.165, 1.54) is 154 Å². The lowest BCUT2D eigenvalue weighted by molar-refractivity contribution is -0.152. The van der Waals surface area contributed by atoms with Gasteiger partial charge in [0.2, 0.25) is 0 Å². The van der Waals surface area contributed by atoms with Crippen molar-refractivity contribution in [2.24, 2.45) is 11.8 Å². The maximum absolute atomic E-state index is 12.9. The molecule has 0 saturated heterocycles. The number of ether oxygens (including phenoxy) is 2. The Balaban J connectivity index is 4.23. The summed E-state index contributed by atoms with van der Waals surface area (Å²) in [7, 11) is 4.32. The molecule has 61 heavy (non-hydrogen) atoms. The van der Waals surface area contributed by atoms with E-state index in [0.717, 1.165) is 103 Å². The van der Waals surface area contributed by atoms with Crippen LogP contribution in [0.3, 0.4) is 0 Å². The third kappa shape index (κ3) is 41.0. The smallest absolute Gasteiger partial charge is 0.309 e. The molecular weight excluding hydrogens is 757 g/mol. The molecule has 0 amide bonds. The highest BCUT2D eigenvalue weighted by molar-refractivity contribution is 5.82. The lowest BCUT2D eigenvalue weighted by Gasteiger charge is -2.24. The SMILES string of the molecule is CCCCCCCCC(CCCCCC)C(=O)OCCCCCCCCCN(CCCCCCCC(=O)COC(=O)C(CCCCCC)CCCCCCCC)CCN(C)C. The van der Waals surface area contributed by atoms with Crippen LogP contribution in [0.5, 0.6) is 0 Å². The fraction of sp³-hybridized carbons (Fsp3) is 0.944. The Hall–Kier alpha value is -1.47. The van der Waals surface area contributed by atoms with Gasteiger partial charge in [0.1, 0.15) is 6.61 Å². The minimum absolute atomic E-state index is 0.0438. The first-order valence-electron chi connectivity index (χ1n) is 27.0. The summed E-state index contributed by atoms with van der Waals surface area (Å²) in [6, 6.07) is 0. The molecule has 0 heterocycles. The topological polar surface area (TPSA) is 76.1 Å². The third-order valence-corrected chi connectivity index (χ3v) is 12.8. The molecule has 2 atom stereocenters. The Labute approximate surface area is 380 Å². The Bertz CT molecular complexity index is 958. The molecule has 0 aliphatic heterocycles. The molecule has 0 N–H and O–H groups in total. The van der Waals surface area contributed by atoms with Crippen molar-refractivity contribution in [2.75, 3.05) is 53.5 Å². The number of ketones is 1. The molecule has 0 aromatic heterocycles. The maximum Gasteiger partial charge on any atom is 0.309 e. The first-order chi connectivity index (χ1) is 29.8. The highest BCUT2D eigenvalue weighted by Crippen LogP contribution is 2.22. The zero-order valence-corrected chi connectivity index (χ0v) is 42.0. The van der Waals surface area contributed by atoms with E-state index in [2.05, 4.69) is 51.6 Å². The Morgan fingerprint density at radius 2 is 0.721 bits per heavy atom. The normalized spacial score (nSPS) is 12.7. The zero-order chi connectivity index (χ0) is 44.9. The first kappa shape index (κ1) is 59.5. The molecule has 0 saturated carbocycles. The summed E-state index contributed by atoms with van der Waals surface area (Å²) in [4.78, 5) is 43.4. The minimum atomic E-state index is -0.140. The van der Waals surface area contributed by atoms with Crippen LogP contribution in [-0.2, 0) is 23.9 Å². The van der Waals surface area contributed by atoms with Gasteiger partial charge in [-0.2, -0.15) is 0 Å². The summed E-state index contributed by atoms with van der Waals surface area (Å²) < 4.78 is 11.4. The van der Waals surface area contributed by atoms with Crippen LogP contribution in [0.1, 0.15) is 265 Å². The lowest BCUT2D eigenvalue weighted by atomic mass is 9.94. The van der Waals surface area contributed by atoms with E-state index < -0.39 is 0 Å². The van der Waals surface area contributed by atoms with E-state index in [1.54, 1.807) is 0 Å². The van der Waals surface area contributed by atoms with Gasteiger partial charge in [0.15, 0.2) is 5.78 Å². The van der Waals surface area contributed by atoms with Gasteiger partial charge in [-0.15, -0.1) is 0 Å². The molecule has 0 bridgehead atoms. The molecule has 7 heteroatoms. The number of unbranched alkanes of at least 4 members (excludes halogenated alkanes) is 26. The van der Waals surface area contributed by atoms with Gasteiger partial charge in [0.05, 0.1) is 18.4 Å². The maximum atomic E-state index is 12.9. The van der Waals surface area contributed by atoms with E-state index in [4.69, 9.17) is 9.47 Å².